The molecular weight excluding hydrogens is 350 g/mol. The van der Waals surface area contributed by atoms with Crippen LogP contribution in [0.3, 0.4) is 0 Å². The summed E-state index contributed by atoms with van der Waals surface area (Å²) in [6, 6.07) is 12.2. The third-order valence-electron chi connectivity index (χ3n) is 5.72. The molecule has 1 fully saturated rings. The molecule has 6 nitrogen and oxygen atoms in total. The lowest BCUT2D eigenvalue weighted by atomic mass is 9.96. The van der Waals surface area contributed by atoms with Crippen molar-refractivity contribution >= 4 is 17.1 Å². The van der Waals surface area contributed by atoms with Gasteiger partial charge in [0.1, 0.15) is 11.3 Å². The number of imidazole rings is 1. The summed E-state index contributed by atoms with van der Waals surface area (Å²) in [4.78, 5) is 23.3. The maximum Gasteiger partial charge on any atom is 0.317 e. The van der Waals surface area contributed by atoms with Crippen LogP contribution < -0.4 is 5.32 Å². The van der Waals surface area contributed by atoms with E-state index in [0.717, 1.165) is 54.9 Å². The normalized spacial score (nSPS) is 16.3. The molecule has 1 aliphatic rings. The SMILES string of the molecule is Cc1nc2cnccc2n1CC1CCN(C(=O)N[C@H](C)c2ccccc2)CC1. The van der Waals surface area contributed by atoms with Crippen LogP contribution in [-0.2, 0) is 6.54 Å². The van der Waals surface area contributed by atoms with E-state index in [0.29, 0.717) is 5.92 Å². The van der Waals surface area contributed by atoms with Crippen molar-refractivity contribution in [3.8, 4) is 0 Å². The quantitative estimate of drug-likeness (QED) is 0.749. The highest BCUT2D eigenvalue weighted by atomic mass is 16.2. The first-order chi connectivity index (χ1) is 13.6. The molecule has 0 aliphatic carbocycles. The number of carbonyl (C=O) groups is 1. The summed E-state index contributed by atoms with van der Waals surface area (Å²) in [5.74, 6) is 1.58. The average Bonchev–Trinajstić information content (AvgIpc) is 3.04. The molecule has 2 amide bonds. The van der Waals surface area contributed by atoms with Crippen LogP contribution in [0.4, 0.5) is 4.79 Å². The van der Waals surface area contributed by atoms with Gasteiger partial charge in [-0.05, 0) is 44.2 Å². The number of aryl methyl sites for hydroxylation is 1. The van der Waals surface area contributed by atoms with Crippen molar-refractivity contribution in [1.29, 1.82) is 0 Å². The largest absolute Gasteiger partial charge is 0.331 e. The molecule has 0 saturated carbocycles. The van der Waals surface area contributed by atoms with Crippen LogP contribution in [0.15, 0.2) is 48.8 Å². The third-order valence-corrected chi connectivity index (χ3v) is 5.72. The van der Waals surface area contributed by atoms with Gasteiger partial charge in [-0.3, -0.25) is 4.98 Å². The van der Waals surface area contributed by atoms with Crippen LogP contribution in [0.2, 0.25) is 0 Å². The third kappa shape index (κ3) is 3.86. The highest BCUT2D eigenvalue weighted by Crippen LogP contribution is 2.23. The Labute approximate surface area is 165 Å². The molecule has 0 spiro atoms. The number of fused-ring (bicyclic) bond motifs is 1. The van der Waals surface area contributed by atoms with Gasteiger partial charge in [0.15, 0.2) is 0 Å². The van der Waals surface area contributed by atoms with Crippen LogP contribution in [0, 0.1) is 12.8 Å². The molecule has 1 aliphatic heterocycles. The fourth-order valence-corrected chi connectivity index (χ4v) is 4.01. The van der Waals surface area contributed by atoms with Crippen molar-refractivity contribution in [2.24, 2.45) is 5.92 Å². The minimum absolute atomic E-state index is 0.0139. The predicted molar refractivity (Wildman–Crippen MR) is 110 cm³/mol. The van der Waals surface area contributed by atoms with E-state index in [9.17, 15) is 4.79 Å². The van der Waals surface area contributed by atoms with Crippen molar-refractivity contribution in [3.63, 3.8) is 0 Å². The summed E-state index contributed by atoms with van der Waals surface area (Å²) in [7, 11) is 0. The molecule has 1 aromatic carbocycles. The zero-order valence-electron chi connectivity index (χ0n) is 16.5. The van der Waals surface area contributed by atoms with E-state index in [1.807, 2.05) is 67.5 Å². The molecule has 3 heterocycles. The first-order valence-electron chi connectivity index (χ1n) is 9.99. The first kappa shape index (κ1) is 18.5. The van der Waals surface area contributed by atoms with Crippen molar-refractivity contribution in [2.75, 3.05) is 13.1 Å². The molecule has 0 radical (unpaired) electrons. The molecule has 4 rings (SSSR count). The number of likely N-dealkylation sites (tertiary alicyclic amines) is 1. The van der Waals surface area contributed by atoms with E-state index in [2.05, 4.69) is 19.9 Å². The van der Waals surface area contributed by atoms with E-state index in [4.69, 9.17) is 0 Å². The topological polar surface area (TPSA) is 63.1 Å². The van der Waals surface area contributed by atoms with Gasteiger partial charge in [-0.2, -0.15) is 0 Å². The molecule has 2 aromatic heterocycles. The van der Waals surface area contributed by atoms with Crippen LogP contribution in [0.25, 0.3) is 11.0 Å². The number of hydrogen-bond donors (Lipinski definition) is 1. The molecule has 146 valence electrons. The summed E-state index contributed by atoms with van der Waals surface area (Å²) in [6.07, 6.45) is 5.66. The molecular formula is C22H27N5O. The molecule has 1 N–H and O–H groups in total. The van der Waals surface area contributed by atoms with Gasteiger partial charge in [-0.1, -0.05) is 30.3 Å². The van der Waals surface area contributed by atoms with Gasteiger partial charge in [0.25, 0.3) is 0 Å². The number of amides is 2. The minimum Gasteiger partial charge on any atom is -0.331 e. The lowest BCUT2D eigenvalue weighted by Crippen LogP contribution is -2.45. The zero-order valence-corrected chi connectivity index (χ0v) is 16.5. The highest BCUT2D eigenvalue weighted by molar-refractivity contribution is 5.75. The smallest absolute Gasteiger partial charge is 0.317 e. The second-order valence-electron chi connectivity index (χ2n) is 7.65. The Balaban J connectivity index is 1.33. The number of urea groups is 1. The lowest BCUT2D eigenvalue weighted by Gasteiger charge is -2.33. The first-order valence-corrected chi connectivity index (χ1v) is 9.99. The molecule has 28 heavy (non-hydrogen) atoms. The second-order valence-corrected chi connectivity index (χ2v) is 7.65. The van der Waals surface area contributed by atoms with Crippen molar-refractivity contribution < 1.29 is 4.79 Å². The van der Waals surface area contributed by atoms with E-state index in [1.54, 1.807) is 0 Å². The Kier molecular flexibility index (Phi) is 5.28. The van der Waals surface area contributed by atoms with Gasteiger partial charge in [0, 0.05) is 25.8 Å². The zero-order chi connectivity index (χ0) is 19.5. The fraction of sp³-hybridized carbons (Fsp3) is 0.409. The summed E-state index contributed by atoms with van der Waals surface area (Å²) in [5, 5.41) is 3.12. The standard InChI is InChI=1S/C22H27N5O/c1-16(19-6-4-3-5-7-19)24-22(28)26-12-9-18(10-13-26)15-27-17(2)25-20-14-23-11-8-21(20)27/h3-8,11,14,16,18H,9-10,12-13,15H2,1-2H3,(H,24,28)/t16-/m1/s1. The van der Waals surface area contributed by atoms with E-state index >= 15 is 0 Å². The van der Waals surface area contributed by atoms with Crippen molar-refractivity contribution in [2.45, 2.75) is 39.3 Å². The van der Waals surface area contributed by atoms with Crippen LogP contribution >= 0.6 is 0 Å². The summed E-state index contributed by atoms with van der Waals surface area (Å²) in [5.41, 5.74) is 3.22. The second kappa shape index (κ2) is 8.00. The van der Waals surface area contributed by atoms with Crippen molar-refractivity contribution in [1.82, 2.24) is 24.8 Å². The molecule has 0 bridgehead atoms. The maximum atomic E-state index is 12.6. The summed E-state index contributed by atoms with van der Waals surface area (Å²) < 4.78 is 2.29. The monoisotopic (exact) mass is 377 g/mol. The number of piperidine rings is 1. The van der Waals surface area contributed by atoms with Gasteiger partial charge < -0.3 is 14.8 Å². The maximum absolute atomic E-state index is 12.6. The van der Waals surface area contributed by atoms with Gasteiger partial charge in [0.05, 0.1) is 17.8 Å². The Hall–Kier alpha value is -2.89. The number of benzene rings is 1. The van der Waals surface area contributed by atoms with Gasteiger partial charge in [-0.25, -0.2) is 9.78 Å². The summed E-state index contributed by atoms with van der Waals surface area (Å²) >= 11 is 0. The number of aromatic nitrogens is 3. The number of carbonyl (C=O) groups excluding carboxylic acids is 1. The Bertz CT molecular complexity index is 944. The van der Waals surface area contributed by atoms with Gasteiger partial charge in [-0.15, -0.1) is 0 Å². The Morgan fingerprint density at radius 3 is 2.71 bits per heavy atom. The van der Waals surface area contributed by atoms with Crippen LogP contribution in [-0.4, -0.2) is 38.6 Å². The fourth-order valence-electron chi connectivity index (χ4n) is 4.01. The predicted octanol–water partition coefficient (Wildman–Crippen LogP) is 3.92. The molecule has 3 aromatic rings. The number of nitrogens with one attached hydrogen (secondary N) is 1. The van der Waals surface area contributed by atoms with E-state index in [-0.39, 0.29) is 12.1 Å². The number of rotatable bonds is 4. The Morgan fingerprint density at radius 1 is 1.21 bits per heavy atom. The molecule has 0 unspecified atom stereocenters. The lowest BCUT2D eigenvalue weighted by molar-refractivity contribution is 0.163. The molecule has 1 atom stereocenters. The van der Waals surface area contributed by atoms with Gasteiger partial charge in [0.2, 0.25) is 0 Å². The summed E-state index contributed by atoms with van der Waals surface area (Å²) in [6.45, 7) is 6.62. The van der Waals surface area contributed by atoms with Crippen molar-refractivity contribution in [3.05, 3.63) is 60.2 Å². The van der Waals surface area contributed by atoms with Crippen LogP contribution in [0.5, 0.6) is 0 Å². The van der Waals surface area contributed by atoms with Gasteiger partial charge >= 0.3 is 6.03 Å². The Morgan fingerprint density at radius 2 is 1.96 bits per heavy atom. The van der Waals surface area contributed by atoms with Crippen LogP contribution in [0.1, 0.15) is 37.2 Å². The average molecular weight is 377 g/mol. The van der Waals surface area contributed by atoms with E-state index < -0.39 is 0 Å². The number of hydrogen-bond acceptors (Lipinski definition) is 3. The minimum atomic E-state index is 0.0139. The number of pyridine rings is 1. The molecule has 6 heteroatoms. The highest BCUT2D eigenvalue weighted by Gasteiger charge is 2.25. The number of nitrogens with zero attached hydrogens (tertiary/aromatic N) is 4. The van der Waals surface area contributed by atoms with E-state index in [1.165, 1.54) is 0 Å². The molecule has 1 saturated heterocycles.